The molecule has 1 saturated heterocycles. The maximum absolute atomic E-state index is 11.8. The standard InChI is InChI=1S/C12H22ClNO5S/c1-12(2,3)19-11(15)14-7-4-10(5-8-14)6-9-18-20(13,16)17/h10H,4-9H2,1-3H3. The van der Waals surface area contributed by atoms with Crippen LogP contribution in [0.1, 0.15) is 40.0 Å². The van der Waals surface area contributed by atoms with Gasteiger partial charge in [-0.05, 0) is 46.0 Å². The largest absolute Gasteiger partial charge is 0.444 e. The van der Waals surface area contributed by atoms with Crippen LogP contribution in [-0.4, -0.2) is 44.7 Å². The first-order chi connectivity index (χ1) is 9.07. The van der Waals surface area contributed by atoms with Crippen LogP contribution in [0.3, 0.4) is 0 Å². The van der Waals surface area contributed by atoms with Gasteiger partial charge in [0.25, 0.3) is 0 Å². The van der Waals surface area contributed by atoms with E-state index in [1.807, 2.05) is 20.8 Å². The highest BCUT2D eigenvalue weighted by Gasteiger charge is 2.26. The van der Waals surface area contributed by atoms with Crippen molar-refractivity contribution in [3.63, 3.8) is 0 Å². The topological polar surface area (TPSA) is 72.9 Å². The first-order valence-corrected chi connectivity index (χ1v) is 8.87. The summed E-state index contributed by atoms with van der Waals surface area (Å²) in [6.45, 7) is 6.83. The number of hydrogen-bond acceptors (Lipinski definition) is 5. The highest BCUT2D eigenvalue weighted by atomic mass is 35.7. The van der Waals surface area contributed by atoms with Crippen molar-refractivity contribution in [1.29, 1.82) is 0 Å². The second-order valence-corrected chi connectivity index (χ2v) is 8.07. The fourth-order valence-electron chi connectivity index (χ4n) is 2.05. The lowest BCUT2D eigenvalue weighted by Crippen LogP contribution is -2.41. The third-order valence-corrected chi connectivity index (χ3v) is 3.73. The number of piperidine rings is 1. The summed E-state index contributed by atoms with van der Waals surface area (Å²) in [5, 5.41) is 0. The van der Waals surface area contributed by atoms with Crippen LogP contribution in [0.5, 0.6) is 0 Å². The molecule has 1 heterocycles. The smallest absolute Gasteiger partial charge is 0.410 e. The van der Waals surface area contributed by atoms with Gasteiger partial charge in [0.1, 0.15) is 5.60 Å². The Labute approximate surface area is 125 Å². The van der Waals surface area contributed by atoms with Crippen molar-refractivity contribution in [1.82, 2.24) is 4.90 Å². The summed E-state index contributed by atoms with van der Waals surface area (Å²) < 4.78 is 31.1. The molecule has 1 aliphatic heterocycles. The maximum Gasteiger partial charge on any atom is 0.410 e. The van der Waals surface area contributed by atoms with E-state index < -0.39 is 14.9 Å². The van der Waals surface area contributed by atoms with Gasteiger partial charge in [0.05, 0.1) is 6.61 Å². The zero-order valence-electron chi connectivity index (χ0n) is 12.1. The summed E-state index contributed by atoms with van der Waals surface area (Å²) in [6, 6.07) is 0. The average Bonchev–Trinajstić information content (AvgIpc) is 2.25. The van der Waals surface area contributed by atoms with E-state index in [4.69, 9.17) is 15.4 Å². The summed E-state index contributed by atoms with van der Waals surface area (Å²) in [4.78, 5) is 13.5. The molecule has 0 spiro atoms. The predicted octanol–water partition coefficient (Wildman–Crippen LogP) is 2.52. The van der Waals surface area contributed by atoms with Crippen LogP contribution in [0.25, 0.3) is 0 Å². The molecule has 0 bridgehead atoms. The van der Waals surface area contributed by atoms with Crippen LogP contribution >= 0.6 is 10.7 Å². The molecule has 0 aliphatic carbocycles. The van der Waals surface area contributed by atoms with Crippen molar-refractivity contribution in [2.24, 2.45) is 5.92 Å². The number of rotatable bonds is 4. The number of ether oxygens (including phenoxy) is 1. The number of nitrogens with zero attached hydrogens (tertiary/aromatic N) is 1. The Morgan fingerprint density at radius 1 is 1.30 bits per heavy atom. The number of carbonyl (C=O) groups is 1. The molecule has 118 valence electrons. The van der Waals surface area contributed by atoms with Crippen molar-refractivity contribution in [2.75, 3.05) is 19.7 Å². The molecule has 1 aliphatic rings. The molecule has 6 nitrogen and oxygen atoms in total. The summed E-state index contributed by atoms with van der Waals surface area (Å²) in [7, 11) is 1.08. The van der Waals surface area contributed by atoms with E-state index in [1.54, 1.807) is 4.90 Å². The quantitative estimate of drug-likeness (QED) is 0.742. The maximum atomic E-state index is 11.8. The Bertz CT molecular complexity index is 424. The fourth-order valence-corrected chi connectivity index (χ4v) is 2.53. The average molecular weight is 328 g/mol. The van der Waals surface area contributed by atoms with Gasteiger partial charge in [-0.2, -0.15) is 8.42 Å². The van der Waals surface area contributed by atoms with Crippen LogP contribution in [0, 0.1) is 5.92 Å². The predicted molar refractivity (Wildman–Crippen MR) is 75.9 cm³/mol. The Balaban J connectivity index is 2.28. The van der Waals surface area contributed by atoms with Crippen LogP contribution < -0.4 is 0 Å². The van der Waals surface area contributed by atoms with E-state index in [0.29, 0.717) is 25.4 Å². The van der Waals surface area contributed by atoms with Gasteiger partial charge in [-0.25, -0.2) is 4.79 Å². The summed E-state index contributed by atoms with van der Waals surface area (Å²) in [5.74, 6) is 0.340. The van der Waals surface area contributed by atoms with Crippen molar-refractivity contribution < 1.29 is 22.1 Å². The molecule has 0 radical (unpaired) electrons. The molecule has 1 amide bonds. The van der Waals surface area contributed by atoms with Crippen LogP contribution in [-0.2, 0) is 18.3 Å². The van der Waals surface area contributed by atoms with Gasteiger partial charge in [-0.3, -0.25) is 4.18 Å². The second-order valence-electron chi connectivity index (χ2n) is 5.91. The van der Waals surface area contributed by atoms with E-state index in [9.17, 15) is 13.2 Å². The van der Waals surface area contributed by atoms with Gasteiger partial charge in [-0.1, -0.05) is 0 Å². The molecule has 1 fully saturated rings. The molecule has 0 saturated carbocycles. The van der Waals surface area contributed by atoms with E-state index in [0.717, 1.165) is 12.8 Å². The SMILES string of the molecule is CC(C)(C)OC(=O)N1CCC(CCOS(=O)(=O)Cl)CC1. The lowest BCUT2D eigenvalue weighted by molar-refractivity contribution is 0.0178. The minimum Gasteiger partial charge on any atom is -0.444 e. The second kappa shape index (κ2) is 6.95. The van der Waals surface area contributed by atoms with Crippen LogP contribution in [0.4, 0.5) is 4.79 Å². The van der Waals surface area contributed by atoms with E-state index in [-0.39, 0.29) is 12.7 Å². The normalized spacial score (nSPS) is 18.1. The summed E-state index contributed by atoms with van der Waals surface area (Å²) in [6.07, 6.45) is 1.94. The zero-order chi connectivity index (χ0) is 15.4. The highest BCUT2D eigenvalue weighted by Crippen LogP contribution is 2.22. The van der Waals surface area contributed by atoms with E-state index >= 15 is 0 Å². The fraction of sp³-hybridized carbons (Fsp3) is 0.917. The minimum absolute atomic E-state index is 0.0862. The van der Waals surface area contributed by atoms with Crippen molar-refractivity contribution in [3.05, 3.63) is 0 Å². The van der Waals surface area contributed by atoms with Gasteiger partial charge in [0.2, 0.25) is 0 Å². The third-order valence-electron chi connectivity index (χ3n) is 3.02. The lowest BCUT2D eigenvalue weighted by atomic mass is 9.94. The molecular formula is C12H22ClNO5S. The van der Waals surface area contributed by atoms with Gasteiger partial charge >= 0.3 is 15.4 Å². The molecule has 1 rings (SSSR count). The van der Waals surface area contributed by atoms with Crippen molar-refractivity contribution >= 4 is 26.1 Å². The molecule has 0 aromatic carbocycles. The highest BCUT2D eigenvalue weighted by molar-refractivity contribution is 8.09. The van der Waals surface area contributed by atoms with Crippen molar-refractivity contribution in [2.45, 2.75) is 45.6 Å². The monoisotopic (exact) mass is 327 g/mol. The number of hydrogen-bond donors (Lipinski definition) is 0. The van der Waals surface area contributed by atoms with Gasteiger partial charge in [0, 0.05) is 23.8 Å². The molecule has 0 aromatic heterocycles. The molecule has 0 atom stereocenters. The Hall–Kier alpha value is -0.530. The van der Waals surface area contributed by atoms with E-state index in [2.05, 4.69) is 4.18 Å². The first-order valence-electron chi connectivity index (χ1n) is 6.64. The molecule has 0 N–H and O–H groups in total. The molecule has 20 heavy (non-hydrogen) atoms. The lowest BCUT2D eigenvalue weighted by Gasteiger charge is -2.33. The van der Waals surface area contributed by atoms with Crippen molar-refractivity contribution in [3.8, 4) is 0 Å². The van der Waals surface area contributed by atoms with Crippen LogP contribution in [0.2, 0.25) is 0 Å². The van der Waals surface area contributed by atoms with Gasteiger partial charge < -0.3 is 9.64 Å². The molecule has 8 heteroatoms. The van der Waals surface area contributed by atoms with Gasteiger partial charge in [0.15, 0.2) is 0 Å². The number of carbonyl (C=O) groups excluding carboxylic acids is 1. The minimum atomic E-state index is -3.88. The first kappa shape index (κ1) is 17.5. The van der Waals surface area contributed by atoms with Crippen LogP contribution in [0.15, 0.2) is 0 Å². The third kappa shape index (κ3) is 7.31. The Kier molecular flexibility index (Phi) is 6.09. The Morgan fingerprint density at radius 3 is 2.30 bits per heavy atom. The molecule has 0 aromatic rings. The molecular weight excluding hydrogens is 306 g/mol. The number of halogens is 1. The number of amides is 1. The summed E-state index contributed by atoms with van der Waals surface area (Å²) in [5.41, 5.74) is -0.490. The molecule has 0 unspecified atom stereocenters. The number of likely N-dealkylation sites (tertiary alicyclic amines) is 1. The Morgan fingerprint density at radius 2 is 1.85 bits per heavy atom. The van der Waals surface area contributed by atoms with E-state index in [1.165, 1.54) is 0 Å². The van der Waals surface area contributed by atoms with Gasteiger partial charge in [-0.15, -0.1) is 0 Å². The zero-order valence-corrected chi connectivity index (χ0v) is 13.7. The summed E-state index contributed by atoms with van der Waals surface area (Å²) >= 11 is 0.